The van der Waals surface area contributed by atoms with Crippen LogP contribution in [-0.2, 0) is 11.3 Å². The van der Waals surface area contributed by atoms with Crippen molar-refractivity contribution in [1.29, 1.82) is 0 Å². The summed E-state index contributed by atoms with van der Waals surface area (Å²) < 4.78 is 7.96. The molecule has 0 aliphatic carbocycles. The Morgan fingerprint density at radius 2 is 2.39 bits per heavy atom. The van der Waals surface area contributed by atoms with Crippen molar-refractivity contribution < 1.29 is 4.74 Å². The second-order valence-corrected chi connectivity index (χ2v) is 5.19. The summed E-state index contributed by atoms with van der Waals surface area (Å²) in [6, 6.07) is 2.74. The highest BCUT2D eigenvalue weighted by Gasteiger charge is 2.16. The molecule has 3 heteroatoms. The first kappa shape index (κ1) is 13.6. The Kier molecular flexibility index (Phi) is 5.26. The largest absolute Gasteiger partial charge is 0.376 e. The van der Waals surface area contributed by atoms with Gasteiger partial charge in [-0.05, 0) is 43.9 Å². The van der Waals surface area contributed by atoms with Crippen LogP contribution in [0.25, 0.3) is 0 Å². The molecule has 2 unspecified atom stereocenters. The number of nitrogens with one attached hydrogen (secondary N) is 1. The van der Waals surface area contributed by atoms with E-state index in [9.17, 15) is 0 Å². The van der Waals surface area contributed by atoms with Gasteiger partial charge in [0.15, 0.2) is 0 Å². The first-order chi connectivity index (χ1) is 8.83. The van der Waals surface area contributed by atoms with Crippen molar-refractivity contribution in [2.75, 3.05) is 13.2 Å². The molecule has 1 saturated heterocycles. The second-order valence-electron chi connectivity index (χ2n) is 5.19. The first-order valence-electron chi connectivity index (χ1n) is 7.34. The summed E-state index contributed by atoms with van der Waals surface area (Å²) in [5, 5.41) is 3.60. The highest BCUT2D eigenvalue weighted by molar-refractivity contribution is 5.15. The molecule has 1 fully saturated rings. The third kappa shape index (κ3) is 3.59. The van der Waals surface area contributed by atoms with Crippen LogP contribution in [0.4, 0.5) is 0 Å². The molecule has 0 bridgehead atoms. The standard InChI is InChI=1S/C15H26N2O/c1-3-8-16-15(4-2)13-7-9-17(11-13)12-14-6-5-10-18-14/h7,9,11,14-16H,3-6,8,10,12H2,1-2H3. The highest BCUT2D eigenvalue weighted by Crippen LogP contribution is 2.19. The predicted molar refractivity (Wildman–Crippen MR) is 74.7 cm³/mol. The Labute approximate surface area is 111 Å². The van der Waals surface area contributed by atoms with Crippen LogP contribution >= 0.6 is 0 Å². The maximum Gasteiger partial charge on any atom is 0.0754 e. The summed E-state index contributed by atoms with van der Waals surface area (Å²) in [6.45, 7) is 7.49. The lowest BCUT2D eigenvalue weighted by Crippen LogP contribution is -2.21. The monoisotopic (exact) mass is 250 g/mol. The van der Waals surface area contributed by atoms with E-state index in [1.54, 1.807) is 0 Å². The lowest BCUT2D eigenvalue weighted by atomic mass is 10.1. The summed E-state index contributed by atoms with van der Waals surface area (Å²) in [7, 11) is 0. The van der Waals surface area contributed by atoms with Gasteiger partial charge < -0.3 is 14.6 Å². The molecule has 2 atom stereocenters. The zero-order chi connectivity index (χ0) is 12.8. The summed E-state index contributed by atoms with van der Waals surface area (Å²) in [4.78, 5) is 0. The van der Waals surface area contributed by atoms with E-state index >= 15 is 0 Å². The molecular weight excluding hydrogens is 224 g/mol. The number of ether oxygens (including phenoxy) is 1. The molecule has 2 rings (SSSR count). The fourth-order valence-corrected chi connectivity index (χ4v) is 2.62. The average molecular weight is 250 g/mol. The molecule has 102 valence electrons. The zero-order valence-corrected chi connectivity index (χ0v) is 11.7. The molecule has 0 radical (unpaired) electrons. The summed E-state index contributed by atoms with van der Waals surface area (Å²) in [6.07, 6.45) is 9.64. The van der Waals surface area contributed by atoms with Crippen LogP contribution < -0.4 is 5.32 Å². The molecule has 1 aliphatic rings. The molecule has 0 amide bonds. The van der Waals surface area contributed by atoms with Crippen molar-refractivity contribution in [2.45, 2.75) is 58.2 Å². The van der Waals surface area contributed by atoms with Crippen LogP contribution in [0.1, 0.15) is 51.1 Å². The van der Waals surface area contributed by atoms with Crippen LogP contribution in [0, 0.1) is 0 Å². The fourth-order valence-electron chi connectivity index (χ4n) is 2.62. The molecule has 3 nitrogen and oxygen atoms in total. The number of hydrogen-bond acceptors (Lipinski definition) is 2. The highest BCUT2D eigenvalue weighted by atomic mass is 16.5. The molecular formula is C15H26N2O. The van der Waals surface area contributed by atoms with E-state index in [2.05, 4.69) is 42.2 Å². The molecule has 1 aromatic heterocycles. The SMILES string of the molecule is CCCNC(CC)c1ccn(CC2CCCO2)c1. The van der Waals surface area contributed by atoms with Crippen molar-refractivity contribution in [3.8, 4) is 0 Å². The minimum Gasteiger partial charge on any atom is -0.376 e. The number of rotatable bonds is 7. The number of aromatic nitrogens is 1. The Morgan fingerprint density at radius 1 is 1.50 bits per heavy atom. The van der Waals surface area contributed by atoms with Crippen molar-refractivity contribution in [2.24, 2.45) is 0 Å². The minimum atomic E-state index is 0.425. The fraction of sp³-hybridized carbons (Fsp3) is 0.733. The van der Waals surface area contributed by atoms with E-state index in [1.165, 1.54) is 24.8 Å². The minimum absolute atomic E-state index is 0.425. The Balaban J connectivity index is 1.90. The lowest BCUT2D eigenvalue weighted by Gasteiger charge is -2.15. The third-order valence-electron chi connectivity index (χ3n) is 3.66. The maximum absolute atomic E-state index is 5.68. The van der Waals surface area contributed by atoms with E-state index < -0.39 is 0 Å². The molecule has 0 spiro atoms. The van der Waals surface area contributed by atoms with E-state index in [0.717, 1.165) is 26.1 Å². The van der Waals surface area contributed by atoms with Gasteiger partial charge in [-0.1, -0.05) is 13.8 Å². The van der Waals surface area contributed by atoms with Crippen molar-refractivity contribution in [3.05, 3.63) is 24.0 Å². The third-order valence-corrected chi connectivity index (χ3v) is 3.66. The Hall–Kier alpha value is -0.800. The van der Waals surface area contributed by atoms with E-state index in [1.807, 2.05) is 0 Å². The van der Waals surface area contributed by atoms with Gasteiger partial charge in [-0.25, -0.2) is 0 Å². The summed E-state index contributed by atoms with van der Waals surface area (Å²) >= 11 is 0. The van der Waals surface area contributed by atoms with E-state index in [-0.39, 0.29) is 0 Å². The predicted octanol–water partition coefficient (Wildman–Crippen LogP) is 3.12. The molecule has 1 aromatic rings. The van der Waals surface area contributed by atoms with Crippen LogP contribution in [0.3, 0.4) is 0 Å². The van der Waals surface area contributed by atoms with Gasteiger partial charge in [-0.2, -0.15) is 0 Å². The van der Waals surface area contributed by atoms with Gasteiger partial charge in [0, 0.05) is 31.6 Å². The van der Waals surface area contributed by atoms with Gasteiger partial charge in [0.25, 0.3) is 0 Å². The van der Waals surface area contributed by atoms with Crippen LogP contribution in [0.5, 0.6) is 0 Å². The van der Waals surface area contributed by atoms with Crippen LogP contribution in [-0.4, -0.2) is 23.8 Å². The van der Waals surface area contributed by atoms with E-state index in [0.29, 0.717) is 12.1 Å². The van der Waals surface area contributed by atoms with Crippen molar-refractivity contribution in [1.82, 2.24) is 9.88 Å². The Morgan fingerprint density at radius 3 is 3.06 bits per heavy atom. The molecule has 1 aliphatic heterocycles. The van der Waals surface area contributed by atoms with Gasteiger partial charge in [-0.15, -0.1) is 0 Å². The van der Waals surface area contributed by atoms with Crippen molar-refractivity contribution in [3.63, 3.8) is 0 Å². The average Bonchev–Trinajstić information content (AvgIpc) is 3.03. The van der Waals surface area contributed by atoms with Crippen molar-refractivity contribution >= 4 is 0 Å². The molecule has 2 heterocycles. The van der Waals surface area contributed by atoms with Crippen LogP contribution in [0.2, 0.25) is 0 Å². The first-order valence-corrected chi connectivity index (χ1v) is 7.34. The second kappa shape index (κ2) is 6.95. The lowest BCUT2D eigenvalue weighted by molar-refractivity contribution is 0.0971. The molecule has 18 heavy (non-hydrogen) atoms. The van der Waals surface area contributed by atoms with Gasteiger partial charge in [0.05, 0.1) is 6.10 Å². The number of nitrogens with zero attached hydrogens (tertiary/aromatic N) is 1. The maximum atomic E-state index is 5.68. The van der Waals surface area contributed by atoms with Gasteiger partial charge in [0.1, 0.15) is 0 Å². The van der Waals surface area contributed by atoms with Gasteiger partial charge in [0.2, 0.25) is 0 Å². The van der Waals surface area contributed by atoms with Gasteiger partial charge in [-0.3, -0.25) is 0 Å². The summed E-state index contributed by atoms with van der Waals surface area (Å²) in [5.74, 6) is 0. The Bertz CT molecular complexity index is 342. The van der Waals surface area contributed by atoms with Gasteiger partial charge >= 0.3 is 0 Å². The summed E-state index contributed by atoms with van der Waals surface area (Å²) in [5.41, 5.74) is 1.41. The van der Waals surface area contributed by atoms with E-state index in [4.69, 9.17) is 4.74 Å². The zero-order valence-electron chi connectivity index (χ0n) is 11.7. The molecule has 1 N–H and O–H groups in total. The molecule has 0 saturated carbocycles. The quantitative estimate of drug-likeness (QED) is 0.804. The number of hydrogen-bond donors (Lipinski definition) is 1. The topological polar surface area (TPSA) is 26.2 Å². The normalized spacial score (nSPS) is 21.3. The van der Waals surface area contributed by atoms with Crippen LogP contribution in [0.15, 0.2) is 18.5 Å². The smallest absolute Gasteiger partial charge is 0.0754 e. The molecule has 0 aromatic carbocycles.